The topological polar surface area (TPSA) is 63.3 Å². The Hall–Kier alpha value is -1.83. The molecule has 0 saturated heterocycles. The molecule has 1 aromatic carbocycles. The number of carboxylic acids is 1. The molecule has 0 aliphatic heterocycles. The number of thiophene rings is 1. The predicted molar refractivity (Wildman–Crippen MR) is 64.7 cm³/mol. The SMILES string of the molecule is NCC#Cc1cccc2sc(C(=O)O)cc12. The molecule has 0 fully saturated rings. The summed E-state index contributed by atoms with van der Waals surface area (Å²) in [7, 11) is 0. The predicted octanol–water partition coefficient (Wildman–Crippen LogP) is 1.91. The highest BCUT2D eigenvalue weighted by atomic mass is 32.1. The van der Waals surface area contributed by atoms with Crippen molar-refractivity contribution in [3.63, 3.8) is 0 Å². The smallest absolute Gasteiger partial charge is 0.345 e. The second kappa shape index (κ2) is 4.35. The van der Waals surface area contributed by atoms with E-state index in [2.05, 4.69) is 11.8 Å². The first-order valence-corrected chi connectivity index (χ1v) is 5.49. The molecular formula is C12H9NO2S. The summed E-state index contributed by atoms with van der Waals surface area (Å²) in [6, 6.07) is 7.28. The van der Waals surface area contributed by atoms with Crippen molar-refractivity contribution in [2.24, 2.45) is 5.73 Å². The van der Waals surface area contributed by atoms with Crippen molar-refractivity contribution in [1.82, 2.24) is 0 Å². The fourth-order valence-electron chi connectivity index (χ4n) is 1.42. The molecule has 0 radical (unpaired) electrons. The van der Waals surface area contributed by atoms with Crippen LogP contribution in [0.4, 0.5) is 0 Å². The van der Waals surface area contributed by atoms with Crippen molar-refractivity contribution in [2.75, 3.05) is 6.54 Å². The Morgan fingerprint density at radius 1 is 1.50 bits per heavy atom. The van der Waals surface area contributed by atoms with Crippen LogP contribution in [0, 0.1) is 11.8 Å². The fraction of sp³-hybridized carbons (Fsp3) is 0.0833. The number of carbonyl (C=O) groups is 1. The van der Waals surface area contributed by atoms with Crippen molar-refractivity contribution in [2.45, 2.75) is 0 Å². The summed E-state index contributed by atoms with van der Waals surface area (Å²) in [6.07, 6.45) is 0. The van der Waals surface area contributed by atoms with E-state index in [1.807, 2.05) is 18.2 Å². The van der Waals surface area contributed by atoms with Gasteiger partial charge in [-0.1, -0.05) is 17.9 Å². The first-order valence-electron chi connectivity index (χ1n) is 4.67. The van der Waals surface area contributed by atoms with Crippen LogP contribution in [0.5, 0.6) is 0 Å². The number of hydrogen-bond acceptors (Lipinski definition) is 3. The Morgan fingerprint density at radius 2 is 2.31 bits per heavy atom. The molecule has 0 aliphatic rings. The van der Waals surface area contributed by atoms with E-state index in [4.69, 9.17) is 10.8 Å². The highest BCUT2D eigenvalue weighted by Gasteiger charge is 2.09. The van der Waals surface area contributed by atoms with Gasteiger partial charge in [-0.25, -0.2) is 4.79 Å². The Balaban J connectivity index is 2.63. The van der Waals surface area contributed by atoms with Gasteiger partial charge in [0.25, 0.3) is 0 Å². The molecule has 0 saturated carbocycles. The maximum Gasteiger partial charge on any atom is 0.345 e. The number of aromatic carboxylic acids is 1. The van der Waals surface area contributed by atoms with Crippen LogP contribution in [0.15, 0.2) is 24.3 Å². The van der Waals surface area contributed by atoms with Crippen LogP contribution in [0.3, 0.4) is 0 Å². The molecule has 0 spiro atoms. The maximum atomic E-state index is 10.9. The number of benzene rings is 1. The average Bonchev–Trinajstić information content (AvgIpc) is 2.70. The molecule has 0 aliphatic carbocycles. The molecule has 2 rings (SSSR count). The zero-order valence-electron chi connectivity index (χ0n) is 8.36. The molecule has 0 bridgehead atoms. The standard InChI is InChI=1S/C12H9NO2S/c13-6-2-4-8-3-1-5-10-9(8)7-11(16-10)12(14)15/h1,3,5,7H,6,13H2,(H,14,15). The minimum Gasteiger partial charge on any atom is -0.477 e. The molecular weight excluding hydrogens is 222 g/mol. The molecule has 0 atom stereocenters. The maximum absolute atomic E-state index is 10.9. The second-order valence-electron chi connectivity index (χ2n) is 3.14. The Kier molecular flexibility index (Phi) is 2.91. The molecule has 4 heteroatoms. The van der Waals surface area contributed by atoms with Gasteiger partial charge in [0.15, 0.2) is 0 Å². The summed E-state index contributed by atoms with van der Waals surface area (Å²) in [5, 5.41) is 9.79. The van der Waals surface area contributed by atoms with Gasteiger partial charge < -0.3 is 10.8 Å². The number of fused-ring (bicyclic) bond motifs is 1. The fourth-order valence-corrected chi connectivity index (χ4v) is 2.35. The number of nitrogens with two attached hydrogens (primary N) is 1. The van der Waals surface area contributed by atoms with Crippen LogP contribution in [-0.4, -0.2) is 17.6 Å². The van der Waals surface area contributed by atoms with Crippen LogP contribution in [-0.2, 0) is 0 Å². The van der Waals surface area contributed by atoms with E-state index in [9.17, 15) is 4.79 Å². The van der Waals surface area contributed by atoms with Gasteiger partial charge in [-0.05, 0) is 18.2 Å². The number of carboxylic acid groups (broad SMARTS) is 1. The minimum atomic E-state index is -0.904. The van der Waals surface area contributed by atoms with Gasteiger partial charge in [0.1, 0.15) is 4.88 Å². The largest absolute Gasteiger partial charge is 0.477 e. The number of hydrogen-bond donors (Lipinski definition) is 2. The second-order valence-corrected chi connectivity index (χ2v) is 4.22. The van der Waals surface area contributed by atoms with Gasteiger partial charge in [0, 0.05) is 15.6 Å². The zero-order chi connectivity index (χ0) is 11.5. The lowest BCUT2D eigenvalue weighted by Crippen LogP contribution is -1.93. The van der Waals surface area contributed by atoms with E-state index in [0.29, 0.717) is 11.4 Å². The molecule has 1 heterocycles. The molecule has 16 heavy (non-hydrogen) atoms. The summed E-state index contributed by atoms with van der Waals surface area (Å²) >= 11 is 1.25. The number of rotatable bonds is 1. The molecule has 0 unspecified atom stereocenters. The van der Waals surface area contributed by atoms with E-state index in [-0.39, 0.29) is 0 Å². The molecule has 80 valence electrons. The molecule has 2 aromatic rings. The third-order valence-electron chi connectivity index (χ3n) is 2.10. The lowest BCUT2D eigenvalue weighted by Gasteiger charge is -1.92. The summed E-state index contributed by atoms with van der Waals surface area (Å²) in [4.78, 5) is 11.2. The normalized spacial score (nSPS) is 9.81. The summed E-state index contributed by atoms with van der Waals surface area (Å²) in [6.45, 7) is 0.298. The van der Waals surface area contributed by atoms with Gasteiger partial charge in [-0.15, -0.1) is 11.3 Å². The van der Waals surface area contributed by atoms with Gasteiger partial charge in [-0.3, -0.25) is 0 Å². The van der Waals surface area contributed by atoms with Crippen LogP contribution < -0.4 is 5.73 Å². The molecule has 3 nitrogen and oxygen atoms in total. The van der Waals surface area contributed by atoms with Crippen LogP contribution in [0.1, 0.15) is 15.2 Å². The highest BCUT2D eigenvalue weighted by molar-refractivity contribution is 7.20. The lowest BCUT2D eigenvalue weighted by molar-refractivity contribution is 0.0702. The first-order chi connectivity index (χ1) is 7.72. The Morgan fingerprint density at radius 3 is 3.00 bits per heavy atom. The van der Waals surface area contributed by atoms with Crippen molar-refractivity contribution in [3.05, 3.63) is 34.7 Å². The van der Waals surface area contributed by atoms with Crippen molar-refractivity contribution in [1.29, 1.82) is 0 Å². The molecule has 3 N–H and O–H groups in total. The monoisotopic (exact) mass is 231 g/mol. The average molecular weight is 231 g/mol. The zero-order valence-corrected chi connectivity index (χ0v) is 9.17. The first kappa shape index (κ1) is 10.7. The van der Waals surface area contributed by atoms with E-state index in [0.717, 1.165) is 15.6 Å². The van der Waals surface area contributed by atoms with Gasteiger partial charge in [0.2, 0.25) is 0 Å². The van der Waals surface area contributed by atoms with Crippen molar-refractivity contribution in [3.8, 4) is 11.8 Å². The Labute approximate surface area is 96.5 Å². The summed E-state index contributed by atoms with van der Waals surface area (Å²) in [5.41, 5.74) is 6.13. The van der Waals surface area contributed by atoms with Gasteiger partial charge in [-0.2, -0.15) is 0 Å². The minimum absolute atomic E-state index is 0.298. The summed E-state index contributed by atoms with van der Waals surface area (Å²) < 4.78 is 0.932. The summed E-state index contributed by atoms with van der Waals surface area (Å²) in [5.74, 6) is 4.80. The van der Waals surface area contributed by atoms with Crippen LogP contribution in [0.2, 0.25) is 0 Å². The van der Waals surface area contributed by atoms with Crippen LogP contribution in [0.25, 0.3) is 10.1 Å². The van der Waals surface area contributed by atoms with Crippen molar-refractivity contribution >= 4 is 27.4 Å². The van der Waals surface area contributed by atoms with E-state index in [1.165, 1.54) is 11.3 Å². The lowest BCUT2D eigenvalue weighted by atomic mass is 10.1. The van der Waals surface area contributed by atoms with E-state index < -0.39 is 5.97 Å². The highest BCUT2D eigenvalue weighted by Crippen LogP contribution is 2.27. The van der Waals surface area contributed by atoms with Crippen molar-refractivity contribution < 1.29 is 9.90 Å². The van der Waals surface area contributed by atoms with E-state index in [1.54, 1.807) is 6.07 Å². The van der Waals surface area contributed by atoms with Gasteiger partial charge in [0.05, 0.1) is 6.54 Å². The van der Waals surface area contributed by atoms with Gasteiger partial charge >= 0.3 is 5.97 Å². The Bertz CT molecular complexity index is 604. The molecule has 0 amide bonds. The van der Waals surface area contributed by atoms with E-state index >= 15 is 0 Å². The third-order valence-corrected chi connectivity index (χ3v) is 3.19. The molecule has 1 aromatic heterocycles. The third kappa shape index (κ3) is 1.91. The quantitative estimate of drug-likeness (QED) is 0.737. The van der Waals surface area contributed by atoms with Crippen LogP contribution >= 0.6 is 11.3 Å².